The Bertz CT molecular complexity index is 383. The summed E-state index contributed by atoms with van der Waals surface area (Å²) in [6, 6.07) is 5.48. The molecule has 94 valence electrons. The number of hydrogen-bond donors (Lipinski definition) is 1. The first-order chi connectivity index (χ1) is 8.19. The van der Waals surface area contributed by atoms with Crippen LogP contribution in [0.3, 0.4) is 0 Å². The van der Waals surface area contributed by atoms with E-state index in [1.54, 1.807) is 13.2 Å². The largest absolute Gasteiger partial charge is 0.493 e. The monoisotopic (exact) mass is 271 g/mol. The van der Waals surface area contributed by atoms with Crippen molar-refractivity contribution in [1.29, 1.82) is 0 Å². The molecule has 0 spiro atoms. The Morgan fingerprint density at radius 3 is 2.76 bits per heavy atom. The van der Waals surface area contributed by atoms with Crippen molar-refractivity contribution in [3.63, 3.8) is 0 Å². The Morgan fingerprint density at radius 1 is 1.41 bits per heavy atom. The van der Waals surface area contributed by atoms with Crippen LogP contribution in [0.2, 0.25) is 0 Å². The van der Waals surface area contributed by atoms with Gasteiger partial charge >= 0.3 is 0 Å². The highest BCUT2D eigenvalue weighted by Crippen LogP contribution is 2.28. The highest BCUT2D eigenvalue weighted by molar-refractivity contribution is 7.98. The van der Waals surface area contributed by atoms with Crippen LogP contribution in [-0.2, 0) is 0 Å². The summed E-state index contributed by atoms with van der Waals surface area (Å²) in [7, 11) is 1.60. The number of thiocarbonyl (C=S) groups is 1. The van der Waals surface area contributed by atoms with E-state index < -0.39 is 0 Å². The van der Waals surface area contributed by atoms with E-state index in [1.807, 2.05) is 23.9 Å². The Morgan fingerprint density at radius 2 is 2.18 bits per heavy atom. The summed E-state index contributed by atoms with van der Waals surface area (Å²) in [5.41, 5.74) is 6.34. The Balaban J connectivity index is 2.68. The summed E-state index contributed by atoms with van der Waals surface area (Å²) >= 11 is 6.72. The highest BCUT2D eigenvalue weighted by atomic mass is 32.2. The zero-order valence-electron chi connectivity index (χ0n) is 10.1. The normalized spacial score (nSPS) is 10.0. The smallest absolute Gasteiger partial charge is 0.161 e. The molecule has 2 N–H and O–H groups in total. The van der Waals surface area contributed by atoms with Crippen LogP contribution in [-0.4, -0.2) is 30.7 Å². The number of methoxy groups -OCH3 is 1. The lowest BCUT2D eigenvalue weighted by atomic mass is 10.2. The number of hydrogen-bond acceptors (Lipinski definition) is 4. The Kier molecular flexibility index (Phi) is 6.15. The van der Waals surface area contributed by atoms with E-state index in [2.05, 4.69) is 6.26 Å². The molecule has 0 saturated heterocycles. The maximum Gasteiger partial charge on any atom is 0.161 e. The van der Waals surface area contributed by atoms with Crippen molar-refractivity contribution in [3.8, 4) is 11.5 Å². The second-order valence-corrected chi connectivity index (χ2v) is 4.85. The predicted octanol–water partition coefficient (Wildman–Crippen LogP) is 2.46. The third-order valence-electron chi connectivity index (χ3n) is 2.20. The lowest BCUT2D eigenvalue weighted by Gasteiger charge is -2.11. The van der Waals surface area contributed by atoms with E-state index in [4.69, 9.17) is 27.4 Å². The predicted molar refractivity (Wildman–Crippen MR) is 77.4 cm³/mol. The van der Waals surface area contributed by atoms with Crippen LogP contribution in [0.15, 0.2) is 18.2 Å². The minimum absolute atomic E-state index is 0.359. The molecule has 1 rings (SSSR count). The molecule has 0 unspecified atom stereocenters. The van der Waals surface area contributed by atoms with Gasteiger partial charge in [0.2, 0.25) is 0 Å². The van der Waals surface area contributed by atoms with Gasteiger partial charge in [0, 0.05) is 5.56 Å². The quantitative estimate of drug-likeness (QED) is 0.609. The maximum absolute atomic E-state index is 5.64. The number of thioether (sulfide) groups is 1. The van der Waals surface area contributed by atoms with Crippen LogP contribution in [0, 0.1) is 0 Å². The summed E-state index contributed by atoms with van der Waals surface area (Å²) < 4.78 is 10.9. The topological polar surface area (TPSA) is 44.5 Å². The first-order valence-corrected chi connectivity index (χ1v) is 7.09. The van der Waals surface area contributed by atoms with E-state index in [0.717, 1.165) is 23.5 Å². The Labute approximate surface area is 112 Å². The van der Waals surface area contributed by atoms with Gasteiger partial charge in [-0.25, -0.2) is 0 Å². The lowest BCUT2D eigenvalue weighted by Crippen LogP contribution is -2.09. The fraction of sp³-hybridized carbons (Fsp3) is 0.417. The summed E-state index contributed by atoms with van der Waals surface area (Å²) in [6.07, 6.45) is 3.10. The van der Waals surface area contributed by atoms with Crippen molar-refractivity contribution in [3.05, 3.63) is 23.8 Å². The SMILES string of the molecule is COc1cc(C(N)=S)ccc1OCCCSC. The number of rotatable bonds is 7. The third kappa shape index (κ3) is 4.44. The van der Waals surface area contributed by atoms with Gasteiger partial charge in [0.1, 0.15) is 4.99 Å². The zero-order valence-corrected chi connectivity index (χ0v) is 11.7. The molecule has 0 amide bonds. The molecule has 0 atom stereocenters. The van der Waals surface area contributed by atoms with Crippen molar-refractivity contribution >= 4 is 29.0 Å². The molecule has 17 heavy (non-hydrogen) atoms. The lowest BCUT2D eigenvalue weighted by molar-refractivity contribution is 0.295. The van der Waals surface area contributed by atoms with E-state index in [0.29, 0.717) is 17.3 Å². The van der Waals surface area contributed by atoms with Gasteiger partial charge in [-0.05, 0) is 36.6 Å². The fourth-order valence-corrected chi connectivity index (χ4v) is 1.86. The molecular weight excluding hydrogens is 254 g/mol. The van der Waals surface area contributed by atoms with Crippen LogP contribution in [0.1, 0.15) is 12.0 Å². The molecule has 1 aromatic rings. The highest BCUT2D eigenvalue weighted by Gasteiger charge is 2.06. The molecule has 3 nitrogen and oxygen atoms in total. The average Bonchev–Trinajstić information content (AvgIpc) is 2.34. The van der Waals surface area contributed by atoms with E-state index in [1.165, 1.54) is 0 Å². The van der Waals surface area contributed by atoms with Gasteiger partial charge < -0.3 is 15.2 Å². The molecule has 0 bridgehead atoms. The van der Waals surface area contributed by atoms with Crippen LogP contribution in [0.5, 0.6) is 11.5 Å². The minimum atomic E-state index is 0.359. The van der Waals surface area contributed by atoms with Crippen molar-refractivity contribution in [2.75, 3.05) is 25.7 Å². The number of ether oxygens (including phenoxy) is 2. The molecule has 0 saturated carbocycles. The van der Waals surface area contributed by atoms with E-state index in [-0.39, 0.29) is 0 Å². The summed E-state index contributed by atoms with van der Waals surface area (Å²) in [4.78, 5) is 0.359. The molecule has 1 aromatic carbocycles. The van der Waals surface area contributed by atoms with Crippen LogP contribution >= 0.6 is 24.0 Å². The molecule has 5 heteroatoms. The molecule has 0 fully saturated rings. The third-order valence-corrected chi connectivity index (χ3v) is 3.13. The van der Waals surface area contributed by atoms with Gasteiger partial charge in [-0.1, -0.05) is 12.2 Å². The van der Waals surface area contributed by atoms with E-state index >= 15 is 0 Å². The van der Waals surface area contributed by atoms with Crippen LogP contribution in [0.25, 0.3) is 0 Å². The van der Waals surface area contributed by atoms with E-state index in [9.17, 15) is 0 Å². The first-order valence-electron chi connectivity index (χ1n) is 5.28. The molecular formula is C12H17NO2S2. The van der Waals surface area contributed by atoms with Gasteiger partial charge in [0.25, 0.3) is 0 Å². The maximum atomic E-state index is 5.64. The van der Waals surface area contributed by atoms with Gasteiger partial charge in [-0.3, -0.25) is 0 Å². The molecule has 0 heterocycles. The van der Waals surface area contributed by atoms with Crippen molar-refractivity contribution in [2.24, 2.45) is 5.73 Å². The second-order valence-electron chi connectivity index (χ2n) is 3.42. The van der Waals surface area contributed by atoms with Gasteiger partial charge in [-0.2, -0.15) is 11.8 Å². The number of nitrogens with two attached hydrogens (primary N) is 1. The summed E-state index contributed by atoms with van der Waals surface area (Å²) in [5, 5.41) is 0. The molecule has 0 aliphatic heterocycles. The van der Waals surface area contributed by atoms with Gasteiger partial charge in [-0.15, -0.1) is 0 Å². The minimum Gasteiger partial charge on any atom is -0.493 e. The Hall–Kier alpha value is -0.940. The van der Waals surface area contributed by atoms with Gasteiger partial charge in [0.15, 0.2) is 11.5 Å². The van der Waals surface area contributed by atoms with Crippen LogP contribution < -0.4 is 15.2 Å². The fourth-order valence-electron chi connectivity index (χ4n) is 1.33. The molecule has 0 aliphatic rings. The van der Waals surface area contributed by atoms with Gasteiger partial charge in [0.05, 0.1) is 13.7 Å². The standard InChI is InChI=1S/C12H17NO2S2/c1-14-11-8-9(12(13)16)4-5-10(11)15-6-3-7-17-2/h4-5,8H,3,6-7H2,1-2H3,(H2,13,16). The molecule has 0 aliphatic carbocycles. The van der Waals surface area contributed by atoms with Crippen molar-refractivity contribution in [2.45, 2.75) is 6.42 Å². The zero-order chi connectivity index (χ0) is 12.7. The second kappa shape index (κ2) is 7.40. The van der Waals surface area contributed by atoms with Crippen molar-refractivity contribution in [1.82, 2.24) is 0 Å². The molecule has 0 aromatic heterocycles. The average molecular weight is 271 g/mol. The van der Waals surface area contributed by atoms with Crippen molar-refractivity contribution < 1.29 is 9.47 Å². The first kappa shape index (κ1) is 14.1. The summed E-state index contributed by atoms with van der Waals surface area (Å²) in [6.45, 7) is 0.684. The number of benzene rings is 1. The van der Waals surface area contributed by atoms with Crippen LogP contribution in [0.4, 0.5) is 0 Å². The molecule has 0 radical (unpaired) electrons. The summed E-state index contributed by atoms with van der Waals surface area (Å²) in [5.74, 6) is 2.49.